The van der Waals surface area contributed by atoms with Crippen LogP contribution in [-0.4, -0.2) is 40.4 Å². The summed E-state index contributed by atoms with van der Waals surface area (Å²) in [5, 5.41) is 3.87. The Balaban J connectivity index is 2.08. The maximum atomic E-state index is 12.1. The molecule has 0 unspecified atom stereocenters. The minimum absolute atomic E-state index is 0.372. The number of amides is 1. The van der Waals surface area contributed by atoms with E-state index in [0.29, 0.717) is 17.0 Å². The van der Waals surface area contributed by atoms with Gasteiger partial charge in [-0.25, -0.2) is 13.8 Å². The fourth-order valence-corrected chi connectivity index (χ4v) is 3.34. The number of carbonyl (C=O) groups is 1. The van der Waals surface area contributed by atoms with Crippen LogP contribution in [-0.2, 0) is 14.8 Å². The molecule has 1 N–H and O–H groups in total. The summed E-state index contributed by atoms with van der Waals surface area (Å²) in [6, 6.07) is 14.0. The quantitative estimate of drug-likeness (QED) is 0.369. The summed E-state index contributed by atoms with van der Waals surface area (Å²) >= 11 is 2.12. The third-order valence-electron chi connectivity index (χ3n) is 3.33. The summed E-state index contributed by atoms with van der Waals surface area (Å²) in [5.74, 6) is 0.0577. The molecule has 2 aromatic carbocycles. The molecule has 0 fully saturated rings. The molecule has 0 aromatic heterocycles. The number of sulfonamides is 1. The molecule has 1 amide bonds. The van der Waals surface area contributed by atoms with Gasteiger partial charge in [-0.05, 0) is 59.0 Å². The average molecular weight is 487 g/mol. The van der Waals surface area contributed by atoms with Crippen LogP contribution in [0.15, 0.2) is 53.6 Å². The second-order valence-electron chi connectivity index (χ2n) is 5.28. The molecule has 0 aliphatic carbocycles. The third-order valence-corrected chi connectivity index (χ3v) is 5.19. The van der Waals surface area contributed by atoms with Gasteiger partial charge in [0.1, 0.15) is 12.3 Å². The Morgan fingerprint density at radius 2 is 1.88 bits per heavy atom. The molecule has 0 aliphatic rings. The van der Waals surface area contributed by atoms with Gasteiger partial charge in [-0.15, -0.1) is 0 Å². The summed E-state index contributed by atoms with van der Waals surface area (Å²) in [4.78, 5) is 12.1. The molecule has 0 radical (unpaired) electrons. The lowest BCUT2D eigenvalue weighted by Gasteiger charge is -2.21. The molecule has 0 saturated carbocycles. The Morgan fingerprint density at radius 1 is 1.23 bits per heavy atom. The molecular weight excluding hydrogens is 469 g/mol. The van der Waals surface area contributed by atoms with Crippen LogP contribution in [0.5, 0.6) is 5.75 Å². The number of hydrogen-bond acceptors (Lipinski definition) is 5. The van der Waals surface area contributed by atoms with Crippen LogP contribution in [0.3, 0.4) is 0 Å². The second-order valence-corrected chi connectivity index (χ2v) is 8.43. The number of carbonyl (C=O) groups excluding carboxylic acids is 1. The lowest BCUT2D eigenvalue weighted by molar-refractivity contribution is -0.119. The SMILES string of the molecule is COc1ccccc1/C=N\NC(=O)CN(c1ccc(I)cc1)S(C)(=O)=O. The van der Waals surface area contributed by atoms with Crippen LogP contribution < -0.4 is 14.5 Å². The zero-order valence-electron chi connectivity index (χ0n) is 14.2. The first kappa shape index (κ1) is 20.2. The number of para-hydroxylation sites is 1. The largest absolute Gasteiger partial charge is 0.496 e. The first-order valence-electron chi connectivity index (χ1n) is 7.49. The predicted molar refractivity (Wildman–Crippen MR) is 110 cm³/mol. The van der Waals surface area contributed by atoms with E-state index in [1.54, 1.807) is 36.4 Å². The second kappa shape index (κ2) is 8.99. The molecular formula is C17H18IN3O4S. The highest BCUT2D eigenvalue weighted by atomic mass is 127. The van der Waals surface area contributed by atoms with E-state index in [4.69, 9.17) is 4.74 Å². The third kappa shape index (κ3) is 5.70. The lowest BCUT2D eigenvalue weighted by atomic mass is 10.2. The van der Waals surface area contributed by atoms with E-state index in [2.05, 4.69) is 33.1 Å². The molecule has 0 atom stereocenters. The minimum atomic E-state index is -3.62. The Bertz CT molecular complexity index is 898. The van der Waals surface area contributed by atoms with Gasteiger partial charge < -0.3 is 4.74 Å². The van der Waals surface area contributed by atoms with Crippen molar-refractivity contribution in [3.8, 4) is 5.75 Å². The maximum Gasteiger partial charge on any atom is 0.260 e. The van der Waals surface area contributed by atoms with E-state index in [9.17, 15) is 13.2 Å². The summed E-state index contributed by atoms with van der Waals surface area (Å²) in [5.41, 5.74) is 3.44. The molecule has 0 aliphatic heterocycles. The van der Waals surface area contributed by atoms with Crippen LogP contribution in [0.2, 0.25) is 0 Å². The molecule has 0 spiro atoms. The van der Waals surface area contributed by atoms with Gasteiger partial charge in [0.2, 0.25) is 10.0 Å². The highest BCUT2D eigenvalue weighted by Crippen LogP contribution is 2.19. The average Bonchev–Trinajstić information content (AvgIpc) is 2.60. The van der Waals surface area contributed by atoms with Crippen molar-refractivity contribution in [3.05, 3.63) is 57.7 Å². The van der Waals surface area contributed by atoms with Crippen LogP contribution in [0, 0.1) is 3.57 Å². The molecule has 0 bridgehead atoms. The molecule has 26 heavy (non-hydrogen) atoms. The van der Waals surface area contributed by atoms with Gasteiger partial charge in [0.25, 0.3) is 5.91 Å². The molecule has 0 saturated heterocycles. The Morgan fingerprint density at radius 3 is 2.50 bits per heavy atom. The Labute approximate surface area is 166 Å². The van der Waals surface area contributed by atoms with Crippen molar-refractivity contribution in [3.63, 3.8) is 0 Å². The number of methoxy groups -OCH3 is 1. The highest BCUT2D eigenvalue weighted by molar-refractivity contribution is 14.1. The number of nitrogens with zero attached hydrogens (tertiary/aromatic N) is 2. The summed E-state index contributed by atoms with van der Waals surface area (Å²) in [6.07, 6.45) is 2.49. The molecule has 7 nitrogen and oxygen atoms in total. The Kier molecular flexibility index (Phi) is 6.98. The van der Waals surface area contributed by atoms with Gasteiger partial charge in [-0.2, -0.15) is 5.10 Å². The molecule has 138 valence electrons. The zero-order chi connectivity index (χ0) is 19.2. The smallest absolute Gasteiger partial charge is 0.260 e. The number of anilines is 1. The van der Waals surface area contributed by atoms with E-state index < -0.39 is 15.9 Å². The first-order chi connectivity index (χ1) is 12.3. The van der Waals surface area contributed by atoms with Crippen molar-refractivity contribution >= 4 is 50.4 Å². The van der Waals surface area contributed by atoms with Gasteiger partial charge in [0.15, 0.2) is 0 Å². The predicted octanol–water partition coefficient (Wildman–Crippen LogP) is 2.22. The van der Waals surface area contributed by atoms with Gasteiger partial charge >= 0.3 is 0 Å². The number of hydrogen-bond donors (Lipinski definition) is 1. The number of nitrogens with one attached hydrogen (secondary N) is 1. The fraction of sp³-hybridized carbons (Fsp3) is 0.176. The van der Waals surface area contributed by atoms with E-state index in [1.165, 1.54) is 13.3 Å². The van der Waals surface area contributed by atoms with Crippen molar-refractivity contribution in [2.45, 2.75) is 0 Å². The molecule has 2 rings (SSSR count). The van der Waals surface area contributed by atoms with Crippen molar-refractivity contribution in [2.75, 3.05) is 24.2 Å². The van der Waals surface area contributed by atoms with Crippen molar-refractivity contribution in [2.24, 2.45) is 5.10 Å². The van der Waals surface area contributed by atoms with E-state index >= 15 is 0 Å². The van der Waals surface area contributed by atoms with Gasteiger partial charge in [-0.3, -0.25) is 9.10 Å². The zero-order valence-corrected chi connectivity index (χ0v) is 17.2. The van der Waals surface area contributed by atoms with Gasteiger partial charge in [-0.1, -0.05) is 12.1 Å². The lowest BCUT2D eigenvalue weighted by Crippen LogP contribution is -2.39. The highest BCUT2D eigenvalue weighted by Gasteiger charge is 2.20. The van der Waals surface area contributed by atoms with Crippen LogP contribution >= 0.6 is 22.6 Å². The normalized spacial score (nSPS) is 11.3. The first-order valence-corrected chi connectivity index (χ1v) is 10.4. The Hall–Kier alpha value is -2.14. The maximum absolute atomic E-state index is 12.1. The summed E-state index contributed by atoms with van der Waals surface area (Å²) in [6.45, 7) is -0.372. The van der Waals surface area contributed by atoms with Gasteiger partial charge in [0.05, 0.1) is 25.3 Å². The van der Waals surface area contributed by atoms with Crippen LogP contribution in [0.4, 0.5) is 5.69 Å². The minimum Gasteiger partial charge on any atom is -0.496 e. The standard InChI is InChI=1S/C17H18IN3O4S/c1-25-16-6-4-3-5-13(16)11-19-20-17(22)12-21(26(2,23)24)15-9-7-14(18)8-10-15/h3-11H,12H2,1-2H3,(H,20,22)/b19-11-. The molecule has 2 aromatic rings. The number of halogens is 1. The number of hydrazone groups is 1. The summed E-state index contributed by atoms with van der Waals surface area (Å²) < 4.78 is 31.2. The van der Waals surface area contributed by atoms with E-state index in [-0.39, 0.29) is 6.54 Å². The number of benzene rings is 2. The van der Waals surface area contributed by atoms with Crippen molar-refractivity contribution < 1.29 is 17.9 Å². The summed E-state index contributed by atoms with van der Waals surface area (Å²) in [7, 11) is -2.08. The molecule has 0 heterocycles. The van der Waals surface area contributed by atoms with Crippen molar-refractivity contribution in [1.82, 2.24) is 5.43 Å². The topological polar surface area (TPSA) is 88.1 Å². The van der Waals surface area contributed by atoms with Crippen molar-refractivity contribution in [1.29, 1.82) is 0 Å². The van der Waals surface area contributed by atoms with Crippen LogP contribution in [0.1, 0.15) is 5.56 Å². The van der Waals surface area contributed by atoms with Gasteiger partial charge in [0, 0.05) is 9.13 Å². The number of rotatable bonds is 7. The van der Waals surface area contributed by atoms with Crippen LogP contribution in [0.25, 0.3) is 0 Å². The monoisotopic (exact) mass is 487 g/mol. The van der Waals surface area contributed by atoms with E-state index in [1.807, 2.05) is 12.1 Å². The number of ether oxygens (including phenoxy) is 1. The molecule has 9 heteroatoms. The van der Waals surface area contributed by atoms with E-state index in [0.717, 1.165) is 14.1 Å². The fourth-order valence-electron chi connectivity index (χ4n) is 2.12.